The minimum Gasteiger partial charge on any atom is -0.395 e. The van der Waals surface area contributed by atoms with Crippen molar-refractivity contribution in [2.75, 3.05) is 19.7 Å². The summed E-state index contributed by atoms with van der Waals surface area (Å²) in [5.41, 5.74) is 0. The maximum Gasteiger partial charge on any atom is 0.147 e. The van der Waals surface area contributed by atoms with E-state index in [1.165, 1.54) is 0 Å². The monoisotopic (exact) mass is 226 g/mol. The van der Waals surface area contributed by atoms with Gasteiger partial charge in [0.2, 0.25) is 0 Å². The molecule has 5 nitrogen and oxygen atoms in total. The summed E-state index contributed by atoms with van der Waals surface area (Å²) >= 11 is 0. The highest BCUT2D eigenvalue weighted by Gasteiger charge is 2.11. The first-order valence-corrected chi connectivity index (χ1v) is 5.94. The fraction of sp³-hybridized carbons (Fsp3) is 0.818. The molecular weight excluding hydrogens is 204 g/mol. The molecule has 16 heavy (non-hydrogen) atoms. The van der Waals surface area contributed by atoms with Gasteiger partial charge in [0.15, 0.2) is 0 Å². The zero-order chi connectivity index (χ0) is 12.0. The minimum absolute atomic E-state index is 0.194. The van der Waals surface area contributed by atoms with Crippen molar-refractivity contribution in [1.29, 1.82) is 0 Å². The maximum absolute atomic E-state index is 8.99. The van der Waals surface area contributed by atoms with Crippen molar-refractivity contribution in [3.63, 3.8) is 0 Å². The third-order valence-electron chi connectivity index (χ3n) is 2.65. The van der Waals surface area contributed by atoms with Gasteiger partial charge in [-0.15, -0.1) is 10.2 Å². The third kappa shape index (κ3) is 3.28. The molecule has 1 heterocycles. The van der Waals surface area contributed by atoms with Crippen molar-refractivity contribution < 1.29 is 5.11 Å². The lowest BCUT2D eigenvalue weighted by Gasteiger charge is -2.20. The van der Waals surface area contributed by atoms with Crippen LogP contribution in [0.5, 0.6) is 0 Å². The summed E-state index contributed by atoms with van der Waals surface area (Å²) in [6.45, 7) is 9.74. The molecule has 92 valence electrons. The summed E-state index contributed by atoms with van der Waals surface area (Å²) < 4.78 is 2.11. The summed E-state index contributed by atoms with van der Waals surface area (Å²) in [5, 5.41) is 17.3. The van der Waals surface area contributed by atoms with Crippen molar-refractivity contribution in [1.82, 2.24) is 19.7 Å². The molecule has 5 heteroatoms. The lowest BCUT2D eigenvalue weighted by Crippen LogP contribution is -2.28. The van der Waals surface area contributed by atoms with Crippen molar-refractivity contribution in [2.24, 2.45) is 0 Å². The predicted octanol–water partition coefficient (Wildman–Crippen LogP) is 0.811. The standard InChI is InChI=1S/C11H22N4O/c1-4-6-14(7-8-16)9-11-13-12-10(3)15(11)5-2/h16H,4-9H2,1-3H3. The van der Waals surface area contributed by atoms with Crippen molar-refractivity contribution in [2.45, 2.75) is 40.3 Å². The molecule has 0 radical (unpaired) electrons. The molecule has 0 atom stereocenters. The van der Waals surface area contributed by atoms with E-state index in [9.17, 15) is 0 Å². The van der Waals surface area contributed by atoms with Crippen LogP contribution in [-0.2, 0) is 13.1 Å². The van der Waals surface area contributed by atoms with Crippen molar-refractivity contribution >= 4 is 0 Å². The van der Waals surface area contributed by atoms with E-state index in [1.807, 2.05) is 6.92 Å². The minimum atomic E-state index is 0.194. The summed E-state index contributed by atoms with van der Waals surface area (Å²) in [7, 11) is 0. The van der Waals surface area contributed by atoms with E-state index in [-0.39, 0.29) is 6.61 Å². The zero-order valence-electron chi connectivity index (χ0n) is 10.5. The largest absolute Gasteiger partial charge is 0.395 e. The molecule has 1 aromatic rings. The molecule has 0 unspecified atom stereocenters. The zero-order valence-corrected chi connectivity index (χ0v) is 10.5. The molecule has 0 aliphatic rings. The number of aromatic nitrogens is 3. The van der Waals surface area contributed by atoms with Crippen LogP contribution < -0.4 is 0 Å². The molecule has 0 bridgehead atoms. The van der Waals surface area contributed by atoms with E-state index in [0.717, 1.165) is 37.7 Å². The molecule has 0 saturated heterocycles. The third-order valence-corrected chi connectivity index (χ3v) is 2.65. The van der Waals surface area contributed by atoms with Crippen molar-refractivity contribution in [3.8, 4) is 0 Å². The van der Waals surface area contributed by atoms with Crippen LogP contribution in [-0.4, -0.2) is 44.5 Å². The van der Waals surface area contributed by atoms with Gasteiger partial charge in [-0.1, -0.05) is 6.92 Å². The number of hydrogen-bond acceptors (Lipinski definition) is 4. The first kappa shape index (κ1) is 13.1. The van der Waals surface area contributed by atoms with Gasteiger partial charge in [-0.25, -0.2) is 0 Å². The van der Waals surface area contributed by atoms with Crippen LogP contribution >= 0.6 is 0 Å². The Morgan fingerprint density at radius 1 is 1.25 bits per heavy atom. The van der Waals surface area contributed by atoms with Crippen LogP contribution in [0.2, 0.25) is 0 Å². The topological polar surface area (TPSA) is 54.2 Å². The van der Waals surface area contributed by atoms with Gasteiger partial charge >= 0.3 is 0 Å². The van der Waals surface area contributed by atoms with Gasteiger partial charge in [0, 0.05) is 13.1 Å². The SMILES string of the molecule is CCCN(CCO)Cc1nnc(C)n1CC. The van der Waals surface area contributed by atoms with Crippen LogP contribution in [0, 0.1) is 6.92 Å². The second-order valence-electron chi connectivity index (χ2n) is 3.91. The van der Waals surface area contributed by atoms with E-state index in [1.54, 1.807) is 0 Å². The van der Waals surface area contributed by atoms with E-state index >= 15 is 0 Å². The summed E-state index contributed by atoms with van der Waals surface area (Å²) in [6.07, 6.45) is 1.08. The first-order valence-electron chi connectivity index (χ1n) is 5.94. The number of rotatable bonds is 7. The van der Waals surface area contributed by atoms with Crippen LogP contribution in [0.4, 0.5) is 0 Å². The Hall–Kier alpha value is -0.940. The van der Waals surface area contributed by atoms with Crippen LogP contribution in [0.25, 0.3) is 0 Å². The van der Waals surface area contributed by atoms with Crippen LogP contribution in [0.3, 0.4) is 0 Å². The molecule has 0 saturated carbocycles. The Morgan fingerprint density at radius 3 is 2.56 bits per heavy atom. The van der Waals surface area contributed by atoms with Gasteiger partial charge in [-0.2, -0.15) is 0 Å². The number of hydrogen-bond donors (Lipinski definition) is 1. The van der Waals surface area contributed by atoms with E-state index in [2.05, 4.69) is 33.5 Å². The van der Waals surface area contributed by atoms with Crippen LogP contribution in [0.15, 0.2) is 0 Å². The van der Waals surface area contributed by atoms with Gasteiger partial charge in [-0.05, 0) is 26.8 Å². The molecule has 0 spiro atoms. The summed E-state index contributed by atoms with van der Waals surface area (Å²) in [4.78, 5) is 2.20. The maximum atomic E-state index is 8.99. The highest BCUT2D eigenvalue weighted by Crippen LogP contribution is 2.05. The molecule has 1 rings (SSSR count). The first-order chi connectivity index (χ1) is 7.72. The highest BCUT2D eigenvalue weighted by molar-refractivity contribution is 4.93. The highest BCUT2D eigenvalue weighted by atomic mass is 16.3. The van der Waals surface area contributed by atoms with E-state index < -0.39 is 0 Å². The Bertz CT molecular complexity index is 305. The second kappa shape index (κ2) is 6.60. The van der Waals surface area contributed by atoms with Gasteiger partial charge in [0.05, 0.1) is 13.2 Å². The fourth-order valence-corrected chi connectivity index (χ4v) is 1.88. The predicted molar refractivity (Wildman–Crippen MR) is 63.1 cm³/mol. The summed E-state index contributed by atoms with van der Waals surface area (Å²) in [5.74, 6) is 1.94. The number of aryl methyl sites for hydroxylation is 1. The lowest BCUT2D eigenvalue weighted by atomic mass is 10.4. The molecule has 0 amide bonds. The average Bonchev–Trinajstić information content (AvgIpc) is 2.60. The Balaban J connectivity index is 2.68. The van der Waals surface area contributed by atoms with E-state index in [4.69, 9.17) is 5.11 Å². The molecule has 1 aromatic heterocycles. The summed E-state index contributed by atoms with van der Waals surface area (Å²) in [6, 6.07) is 0. The Morgan fingerprint density at radius 2 is 2.00 bits per heavy atom. The van der Waals surface area contributed by atoms with Crippen LogP contribution in [0.1, 0.15) is 31.9 Å². The van der Waals surface area contributed by atoms with E-state index in [0.29, 0.717) is 6.54 Å². The number of aliphatic hydroxyl groups excluding tert-OH is 1. The second-order valence-corrected chi connectivity index (χ2v) is 3.91. The molecule has 0 aliphatic heterocycles. The molecule has 0 aromatic carbocycles. The van der Waals surface area contributed by atoms with Gasteiger partial charge in [0.25, 0.3) is 0 Å². The smallest absolute Gasteiger partial charge is 0.147 e. The molecular formula is C11H22N4O. The molecule has 1 N–H and O–H groups in total. The Labute approximate surface area is 97.1 Å². The molecule has 0 aliphatic carbocycles. The number of nitrogens with zero attached hydrogens (tertiary/aromatic N) is 4. The van der Waals surface area contributed by atoms with Gasteiger partial charge in [-0.3, -0.25) is 4.90 Å². The normalized spacial score (nSPS) is 11.3. The van der Waals surface area contributed by atoms with Gasteiger partial charge in [0.1, 0.15) is 11.6 Å². The number of aliphatic hydroxyl groups is 1. The lowest BCUT2D eigenvalue weighted by molar-refractivity contribution is 0.185. The average molecular weight is 226 g/mol. The Kier molecular flexibility index (Phi) is 5.42. The quantitative estimate of drug-likeness (QED) is 0.747. The molecule has 0 fully saturated rings. The fourth-order valence-electron chi connectivity index (χ4n) is 1.88. The van der Waals surface area contributed by atoms with Gasteiger partial charge < -0.3 is 9.67 Å². The van der Waals surface area contributed by atoms with Crippen molar-refractivity contribution in [3.05, 3.63) is 11.6 Å².